The second-order valence-electron chi connectivity index (χ2n) is 9.04. The van der Waals surface area contributed by atoms with Crippen LogP contribution in [0.3, 0.4) is 0 Å². The van der Waals surface area contributed by atoms with Gasteiger partial charge >= 0.3 is 6.18 Å². The highest BCUT2D eigenvalue weighted by atomic mass is 32.1. The van der Waals surface area contributed by atoms with Gasteiger partial charge in [-0.2, -0.15) is 13.2 Å². The third-order valence-corrected chi connectivity index (χ3v) is 7.14. The number of anilines is 1. The number of nitrogens with zero attached hydrogens (tertiary/aromatic N) is 4. The number of alkyl halides is 5. The van der Waals surface area contributed by atoms with E-state index in [1.807, 2.05) is 6.92 Å². The van der Waals surface area contributed by atoms with Crippen molar-refractivity contribution in [3.8, 4) is 16.3 Å². The molecule has 200 valence electrons. The molecule has 1 unspecified atom stereocenters. The molecule has 3 heterocycles. The predicted octanol–water partition coefficient (Wildman–Crippen LogP) is 4.80. The molecule has 8 nitrogen and oxygen atoms in total. The Hall–Kier alpha value is -3.68. The Morgan fingerprint density at radius 2 is 1.87 bits per heavy atom. The topological polar surface area (TPSA) is 97.3 Å². The molecule has 1 N–H and O–H groups in total. The molecule has 1 aliphatic carbocycles. The summed E-state index contributed by atoms with van der Waals surface area (Å²) in [5.74, 6) is -6.93. The van der Waals surface area contributed by atoms with Crippen molar-refractivity contribution in [3.05, 3.63) is 52.6 Å². The van der Waals surface area contributed by atoms with E-state index < -0.39 is 48.1 Å². The first-order chi connectivity index (χ1) is 17.8. The normalized spacial score (nSPS) is 18.8. The van der Waals surface area contributed by atoms with Gasteiger partial charge in [-0.3, -0.25) is 9.59 Å². The van der Waals surface area contributed by atoms with Crippen molar-refractivity contribution in [3.63, 3.8) is 0 Å². The number of ether oxygens (including phenoxy) is 1. The van der Waals surface area contributed by atoms with Crippen molar-refractivity contribution >= 4 is 28.8 Å². The van der Waals surface area contributed by atoms with Crippen LogP contribution in [0.4, 0.5) is 27.6 Å². The van der Waals surface area contributed by atoms with Crippen LogP contribution >= 0.6 is 11.3 Å². The Morgan fingerprint density at radius 3 is 2.45 bits per heavy atom. The first-order valence-electron chi connectivity index (χ1n) is 11.5. The summed E-state index contributed by atoms with van der Waals surface area (Å²) in [6.07, 6.45) is -1.66. The predicted molar refractivity (Wildman–Crippen MR) is 126 cm³/mol. The fraction of sp³-hybridized carbons (Fsp3) is 0.375. The van der Waals surface area contributed by atoms with Gasteiger partial charge in [0.15, 0.2) is 5.75 Å². The molecule has 38 heavy (non-hydrogen) atoms. The summed E-state index contributed by atoms with van der Waals surface area (Å²) in [5.41, 5.74) is 0.898. The summed E-state index contributed by atoms with van der Waals surface area (Å²) in [4.78, 5) is 39.2. The summed E-state index contributed by atoms with van der Waals surface area (Å²) >= 11 is 1.32. The molecule has 0 saturated heterocycles. The van der Waals surface area contributed by atoms with Crippen LogP contribution in [0.2, 0.25) is 0 Å². The number of fused-ring (bicyclic) bond motifs is 1. The van der Waals surface area contributed by atoms with Crippen LogP contribution < -0.4 is 15.0 Å². The molecule has 2 aromatic heterocycles. The van der Waals surface area contributed by atoms with E-state index >= 15 is 0 Å². The van der Waals surface area contributed by atoms with Crippen LogP contribution in [0.5, 0.6) is 5.75 Å². The van der Waals surface area contributed by atoms with Gasteiger partial charge in [0.05, 0.1) is 23.8 Å². The molecule has 2 amide bonds. The number of hydrogen-bond acceptors (Lipinski definition) is 7. The average molecular weight is 554 g/mol. The van der Waals surface area contributed by atoms with Crippen LogP contribution in [-0.4, -0.2) is 45.8 Å². The Labute approximate surface area is 216 Å². The van der Waals surface area contributed by atoms with E-state index in [9.17, 15) is 31.5 Å². The van der Waals surface area contributed by atoms with Crippen molar-refractivity contribution in [1.29, 1.82) is 0 Å². The van der Waals surface area contributed by atoms with Gasteiger partial charge in [0.25, 0.3) is 11.8 Å². The molecular formula is C24H20F5N5O3S. The highest BCUT2D eigenvalue weighted by Crippen LogP contribution is 2.51. The quantitative estimate of drug-likeness (QED) is 0.456. The fourth-order valence-corrected chi connectivity index (χ4v) is 4.84. The largest absolute Gasteiger partial charge is 0.489 e. The van der Waals surface area contributed by atoms with Gasteiger partial charge in [-0.15, -0.1) is 11.3 Å². The minimum absolute atomic E-state index is 0.0269. The van der Waals surface area contributed by atoms with Gasteiger partial charge in [-0.05, 0) is 26.0 Å². The number of hydrogen-bond donors (Lipinski definition) is 1. The van der Waals surface area contributed by atoms with Crippen molar-refractivity contribution < 1.29 is 36.3 Å². The molecule has 0 radical (unpaired) electrons. The molecular weight excluding hydrogens is 533 g/mol. The van der Waals surface area contributed by atoms with Crippen molar-refractivity contribution in [2.24, 2.45) is 5.92 Å². The molecule has 1 fully saturated rings. The molecule has 0 spiro atoms. The van der Waals surface area contributed by atoms with Crippen molar-refractivity contribution in [1.82, 2.24) is 20.3 Å². The highest BCUT2D eigenvalue weighted by Gasteiger charge is 2.62. The maximum atomic E-state index is 13.7. The SMILES string of the molecule is Cc1cnc(-c2cc(C(=O)N[C@H](C)c3cnc(C(F)(F)F)nc3)cc3c2OCCN3C(=O)C2CC2(F)F)s1. The average Bonchev–Trinajstić information content (AvgIpc) is 3.29. The van der Waals surface area contributed by atoms with Gasteiger partial charge in [-0.1, -0.05) is 0 Å². The zero-order chi connectivity index (χ0) is 27.4. The maximum Gasteiger partial charge on any atom is 0.451 e. The smallest absolute Gasteiger partial charge is 0.451 e. The lowest BCUT2D eigenvalue weighted by atomic mass is 10.0. The third kappa shape index (κ3) is 4.91. The summed E-state index contributed by atoms with van der Waals surface area (Å²) in [5, 5.41) is 3.18. The summed E-state index contributed by atoms with van der Waals surface area (Å²) in [6, 6.07) is 2.12. The first-order valence-corrected chi connectivity index (χ1v) is 12.3. The number of halogens is 5. The Balaban J connectivity index is 1.48. The Morgan fingerprint density at radius 1 is 1.18 bits per heavy atom. The minimum Gasteiger partial charge on any atom is -0.489 e. The summed E-state index contributed by atoms with van der Waals surface area (Å²) in [6.45, 7) is 3.48. The molecule has 1 saturated carbocycles. The second kappa shape index (κ2) is 9.26. The number of aryl methyl sites for hydroxylation is 1. The zero-order valence-corrected chi connectivity index (χ0v) is 20.8. The molecule has 0 bridgehead atoms. The van der Waals surface area contributed by atoms with E-state index in [0.717, 1.165) is 17.3 Å². The number of carbonyl (C=O) groups excluding carboxylic acids is 2. The molecule has 3 aromatic rings. The molecule has 2 atom stereocenters. The number of thiazole rings is 1. The summed E-state index contributed by atoms with van der Waals surface area (Å²) < 4.78 is 71.6. The van der Waals surface area contributed by atoms with Gasteiger partial charge < -0.3 is 15.0 Å². The fourth-order valence-electron chi connectivity index (χ4n) is 4.06. The summed E-state index contributed by atoms with van der Waals surface area (Å²) in [7, 11) is 0. The molecule has 1 aromatic carbocycles. The number of rotatable bonds is 5. The van der Waals surface area contributed by atoms with Crippen molar-refractivity contribution in [2.75, 3.05) is 18.1 Å². The van der Waals surface area contributed by atoms with Gasteiger partial charge in [0, 0.05) is 41.0 Å². The number of benzene rings is 1. The number of aromatic nitrogens is 3. The monoisotopic (exact) mass is 553 g/mol. The lowest BCUT2D eigenvalue weighted by Crippen LogP contribution is -2.40. The molecule has 2 aliphatic rings. The Kier molecular flexibility index (Phi) is 6.32. The standard InChI is InChI=1S/C24H20F5N5O3S/c1-11-8-30-20(38-11)15-5-13(19(35)33-12(2)14-9-31-22(32-10-14)24(27,28)29)6-17-18(15)37-4-3-34(17)21(36)16-7-23(16,25)26/h5-6,8-10,12,16H,3-4,7H2,1-2H3,(H,33,35)/t12-,16?/m1/s1. The lowest BCUT2D eigenvalue weighted by Gasteiger charge is -2.31. The van der Waals surface area contributed by atoms with E-state index in [4.69, 9.17) is 4.74 Å². The van der Waals surface area contributed by atoms with E-state index in [-0.39, 0.29) is 35.7 Å². The highest BCUT2D eigenvalue weighted by molar-refractivity contribution is 7.15. The second-order valence-corrected chi connectivity index (χ2v) is 10.3. The minimum atomic E-state index is -4.70. The molecule has 5 rings (SSSR count). The van der Waals surface area contributed by atoms with E-state index in [1.54, 1.807) is 13.1 Å². The number of amides is 2. The van der Waals surface area contributed by atoms with E-state index in [0.29, 0.717) is 10.6 Å². The van der Waals surface area contributed by atoms with Gasteiger partial charge in [-0.25, -0.2) is 23.7 Å². The molecule has 14 heteroatoms. The third-order valence-electron chi connectivity index (χ3n) is 6.20. The Bertz CT molecular complexity index is 1410. The maximum absolute atomic E-state index is 13.7. The van der Waals surface area contributed by atoms with E-state index in [2.05, 4.69) is 20.3 Å². The van der Waals surface area contributed by atoms with E-state index in [1.165, 1.54) is 28.4 Å². The van der Waals surface area contributed by atoms with Crippen LogP contribution in [0.25, 0.3) is 10.6 Å². The number of carbonyl (C=O) groups is 2. The van der Waals surface area contributed by atoms with Gasteiger partial charge in [0.1, 0.15) is 17.5 Å². The van der Waals surface area contributed by atoms with Crippen molar-refractivity contribution in [2.45, 2.75) is 38.4 Å². The van der Waals surface area contributed by atoms with Crippen LogP contribution in [0, 0.1) is 12.8 Å². The number of nitrogens with one attached hydrogen (secondary N) is 1. The lowest BCUT2D eigenvalue weighted by molar-refractivity contribution is -0.145. The van der Waals surface area contributed by atoms with Crippen LogP contribution in [-0.2, 0) is 11.0 Å². The van der Waals surface area contributed by atoms with Crippen LogP contribution in [0.15, 0.2) is 30.7 Å². The zero-order valence-electron chi connectivity index (χ0n) is 20.0. The van der Waals surface area contributed by atoms with Gasteiger partial charge in [0.2, 0.25) is 11.7 Å². The molecule has 1 aliphatic heterocycles. The first kappa shape index (κ1) is 25.9. The van der Waals surface area contributed by atoms with Crippen LogP contribution in [0.1, 0.15) is 46.0 Å².